The van der Waals surface area contributed by atoms with E-state index in [-0.39, 0.29) is 11.8 Å². The zero-order valence-corrected chi connectivity index (χ0v) is 18.3. The van der Waals surface area contributed by atoms with Crippen molar-refractivity contribution in [2.45, 2.75) is 44.6 Å². The van der Waals surface area contributed by atoms with Crippen molar-refractivity contribution in [3.05, 3.63) is 42.3 Å². The van der Waals surface area contributed by atoms with E-state index in [9.17, 15) is 4.79 Å². The maximum atomic E-state index is 12.5. The van der Waals surface area contributed by atoms with Gasteiger partial charge < -0.3 is 10.2 Å². The van der Waals surface area contributed by atoms with Crippen LogP contribution in [0.5, 0.6) is 0 Å². The van der Waals surface area contributed by atoms with E-state index in [1.54, 1.807) is 12.3 Å². The zero-order chi connectivity index (χ0) is 19.2. The quantitative estimate of drug-likeness (QED) is 0.347. The molecule has 2 aliphatic rings. The zero-order valence-electron chi connectivity index (χ0n) is 15.4. The molecule has 1 aromatic heterocycles. The molecule has 1 aliphatic heterocycles. The Balaban J connectivity index is 1.62. The Morgan fingerprint density at radius 1 is 1.33 bits per heavy atom. The summed E-state index contributed by atoms with van der Waals surface area (Å²) in [6, 6.07) is 2.37. The third kappa shape index (κ3) is 5.38. The first-order valence-electron chi connectivity index (χ1n) is 9.52. The van der Waals surface area contributed by atoms with Crippen LogP contribution in [0.2, 0.25) is 0 Å². The van der Waals surface area contributed by atoms with Crippen molar-refractivity contribution in [2.24, 2.45) is 5.92 Å². The van der Waals surface area contributed by atoms with Crippen molar-refractivity contribution in [1.82, 2.24) is 10.3 Å². The molecule has 0 radical (unpaired) electrons. The van der Waals surface area contributed by atoms with Crippen LogP contribution in [0.25, 0.3) is 0 Å². The smallest absolute Gasteiger partial charge is 0.223 e. The SMILES string of the molecule is C=C/C(Cl)=C\N(I)c1ccncc1N1CCC(C(=O)NC2CCCC2)CC1. The molecule has 0 aromatic carbocycles. The van der Waals surface area contributed by atoms with E-state index < -0.39 is 0 Å². The van der Waals surface area contributed by atoms with Crippen molar-refractivity contribution in [3.63, 3.8) is 0 Å². The summed E-state index contributed by atoms with van der Waals surface area (Å²) >= 11 is 8.31. The molecule has 2 fully saturated rings. The number of halogens is 2. The number of carbonyl (C=O) groups excluding carboxylic acids is 1. The van der Waals surface area contributed by atoms with E-state index in [2.05, 4.69) is 44.6 Å². The molecule has 27 heavy (non-hydrogen) atoms. The predicted octanol–water partition coefficient (Wildman–Crippen LogP) is 4.78. The van der Waals surface area contributed by atoms with Crippen LogP contribution >= 0.6 is 34.5 Å². The van der Waals surface area contributed by atoms with E-state index in [1.807, 2.05) is 21.6 Å². The summed E-state index contributed by atoms with van der Waals surface area (Å²) < 4.78 is 1.96. The fourth-order valence-corrected chi connectivity index (χ4v) is 4.78. The second kappa shape index (κ2) is 9.78. The molecule has 0 spiro atoms. The van der Waals surface area contributed by atoms with Crippen LogP contribution < -0.4 is 13.3 Å². The minimum atomic E-state index is 0.118. The Hall–Kier alpha value is -1.28. The maximum Gasteiger partial charge on any atom is 0.223 e. The molecule has 0 unspecified atom stereocenters. The lowest BCUT2D eigenvalue weighted by molar-refractivity contribution is -0.126. The highest BCUT2D eigenvalue weighted by Gasteiger charge is 2.28. The molecule has 7 heteroatoms. The van der Waals surface area contributed by atoms with Crippen LogP contribution in [-0.2, 0) is 4.79 Å². The van der Waals surface area contributed by atoms with Gasteiger partial charge in [0.25, 0.3) is 0 Å². The van der Waals surface area contributed by atoms with Gasteiger partial charge in [-0.2, -0.15) is 0 Å². The topological polar surface area (TPSA) is 48.5 Å². The Morgan fingerprint density at radius 3 is 2.70 bits per heavy atom. The lowest BCUT2D eigenvalue weighted by Gasteiger charge is -2.35. The van der Waals surface area contributed by atoms with E-state index >= 15 is 0 Å². The summed E-state index contributed by atoms with van der Waals surface area (Å²) in [5.41, 5.74) is 2.09. The normalized spacial score (nSPS) is 19.2. The number of rotatable bonds is 6. The third-order valence-electron chi connectivity index (χ3n) is 5.35. The molecule has 1 saturated carbocycles. The number of hydrogen-bond donors (Lipinski definition) is 1. The van der Waals surface area contributed by atoms with Crippen LogP contribution in [0.3, 0.4) is 0 Å². The van der Waals surface area contributed by atoms with E-state index in [0.29, 0.717) is 11.1 Å². The number of allylic oxidation sites excluding steroid dienone is 2. The van der Waals surface area contributed by atoms with Crippen LogP contribution in [-0.4, -0.2) is 30.0 Å². The van der Waals surface area contributed by atoms with Gasteiger partial charge >= 0.3 is 0 Å². The molecular formula is C20H26ClIN4O. The van der Waals surface area contributed by atoms with Gasteiger partial charge in [0.05, 0.1) is 45.5 Å². The van der Waals surface area contributed by atoms with Gasteiger partial charge in [-0.3, -0.25) is 12.9 Å². The maximum absolute atomic E-state index is 12.5. The lowest BCUT2D eigenvalue weighted by atomic mass is 9.95. The Kier molecular flexibility index (Phi) is 7.41. The molecule has 1 saturated heterocycles. The van der Waals surface area contributed by atoms with Gasteiger partial charge in [0.2, 0.25) is 5.91 Å². The van der Waals surface area contributed by atoms with Crippen molar-refractivity contribution in [3.8, 4) is 0 Å². The number of hydrogen-bond acceptors (Lipinski definition) is 4. The Bertz CT molecular complexity index is 697. The average Bonchev–Trinajstić information content (AvgIpc) is 3.21. The Labute approximate surface area is 180 Å². The van der Waals surface area contributed by atoms with Crippen LogP contribution in [0.1, 0.15) is 38.5 Å². The van der Waals surface area contributed by atoms with Gasteiger partial charge in [-0.15, -0.1) is 0 Å². The second-order valence-corrected chi connectivity index (χ2v) is 8.62. The Morgan fingerprint density at radius 2 is 2.04 bits per heavy atom. The standard InChI is InChI=1S/C20H26ClIN4O/c1-2-16(21)14-26(22)18-7-10-23-13-19(18)25-11-8-15(9-12-25)20(27)24-17-5-3-4-6-17/h2,7,10,13-15,17H,1,3-6,8-9,11-12H2,(H,24,27)/b16-14+. The minimum Gasteiger partial charge on any atom is -0.369 e. The minimum absolute atomic E-state index is 0.118. The fourth-order valence-electron chi connectivity index (χ4n) is 3.81. The number of nitrogens with zero attached hydrogens (tertiary/aromatic N) is 3. The molecule has 1 N–H and O–H groups in total. The number of carbonyl (C=O) groups is 1. The number of anilines is 2. The number of nitrogens with one attached hydrogen (secondary N) is 1. The van der Waals surface area contributed by atoms with E-state index in [1.165, 1.54) is 12.8 Å². The first kappa shape index (κ1) is 20.5. The molecular weight excluding hydrogens is 475 g/mol. The van der Waals surface area contributed by atoms with Crippen molar-refractivity contribution >= 4 is 51.7 Å². The van der Waals surface area contributed by atoms with Crippen LogP contribution in [0.4, 0.5) is 11.4 Å². The highest BCUT2D eigenvalue weighted by atomic mass is 127. The average molecular weight is 501 g/mol. The number of amides is 1. The van der Waals surface area contributed by atoms with Crippen molar-refractivity contribution in [2.75, 3.05) is 21.1 Å². The molecule has 0 atom stereocenters. The molecule has 1 aromatic rings. The summed E-state index contributed by atoms with van der Waals surface area (Å²) in [5, 5.41) is 3.83. The molecule has 1 amide bonds. The van der Waals surface area contributed by atoms with Crippen molar-refractivity contribution < 1.29 is 4.79 Å². The molecule has 146 valence electrons. The summed E-state index contributed by atoms with van der Waals surface area (Å²) in [6.07, 6.45) is 13.6. The molecule has 1 aliphatic carbocycles. The van der Waals surface area contributed by atoms with Crippen LogP contribution in [0, 0.1) is 5.92 Å². The van der Waals surface area contributed by atoms with Gasteiger partial charge in [-0.1, -0.05) is 31.0 Å². The first-order valence-corrected chi connectivity index (χ1v) is 10.9. The van der Waals surface area contributed by atoms with Gasteiger partial charge in [0.1, 0.15) is 0 Å². The third-order valence-corrected chi connectivity index (χ3v) is 6.40. The number of pyridine rings is 1. The van der Waals surface area contributed by atoms with E-state index in [0.717, 1.165) is 50.1 Å². The van der Waals surface area contributed by atoms with Gasteiger partial charge in [-0.05, 0) is 37.8 Å². The second-order valence-electron chi connectivity index (χ2n) is 7.14. The van der Waals surface area contributed by atoms with Gasteiger partial charge in [0.15, 0.2) is 0 Å². The first-order chi connectivity index (χ1) is 13.1. The molecule has 5 nitrogen and oxygen atoms in total. The monoisotopic (exact) mass is 500 g/mol. The number of aromatic nitrogens is 1. The summed E-state index contributed by atoms with van der Waals surface area (Å²) in [6.45, 7) is 5.39. The lowest BCUT2D eigenvalue weighted by Crippen LogP contribution is -2.43. The van der Waals surface area contributed by atoms with Gasteiger partial charge in [-0.25, -0.2) is 0 Å². The molecule has 2 heterocycles. The van der Waals surface area contributed by atoms with E-state index in [4.69, 9.17) is 11.6 Å². The summed E-state index contributed by atoms with van der Waals surface area (Å²) in [4.78, 5) is 19.2. The predicted molar refractivity (Wildman–Crippen MR) is 120 cm³/mol. The van der Waals surface area contributed by atoms with Gasteiger partial charge in [0, 0.05) is 37.4 Å². The number of piperidine rings is 1. The fraction of sp³-hybridized carbons (Fsp3) is 0.500. The summed E-state index contributed by atoms with van der Waals surface area (Å²) in [7, 11) is 0. The van der Waals surface area contributed by atoms with Crippen molar-refractivity contribution in [1.29, 1.82) is 0 Å². The van der Waals surface area contributed by atoms with Crippen LogP contribution in [0.15, 0.2) is 42.3 Å². The largest absolute Gasteiger partial charge is 0.369 e. The molecule has 0 bridgehead atoms. The summed E-state index contributed by atoms with van der Waals surface area (Å²) in [5.74, 6) is 0.358. The highest BCUT2D eigenvalue weighted by molar-refractivity contribution is 14.1. The molecule has 3 rings (SSSR count). The highest BCUT2D eigenvalue weighted by Crippen LogP contribution is 2.34.